The van der Waals surface area contributed by atoms with Gasteiger partial charge in [-0.15, -0.1) is 0 Å². The van der Waals surface area contributed by atoms with Crippen molar-refractivity contribution in [1.82, 2.24) is 19.9 Å². The summed E-state index contributed by atoms with van der Waals surface area (Å²) in [5, 5.41) is 1.18. The van der Waals surface area contributed by atoms with Crippen LogP contribution < -0.4 is 5.43 Å². The van der Waals surface area contributed by atoms with Crippen molar-refractivity contribution in [3.05, 3.63) is 82.7 Å². The molecule has 0 aliphatic rings. The van der Waals surface area contributed by atoms with Gasteiger partial charge in [0.1, 0.15) is 28.2 Å². The molecule has 0 fully saturated rings. The van der Waals surface area contributed by atoms with Crippen LogP contribution in [0.3, 0.4) is 0 Å². The summed E-state index contributed by atoms with van der Waals surface area (Å²) in [5.74, 6) is 0.624. The number of rotatable bonds is 4. The van der Waals surface area contributed by atoms with E-state index in [0.29, 0.717) is 27.9 Å². The fourth-order valence-corrected chi connectivity index (χ4v) is 4.53. The zero-order chi connectivity index (χ0) is 20.7. The van der Waals surface area contributed by atoms with E-state index in [0.717, 1.165) is 21.7 Å². The summed E-state index contributed by atoms with van der Waals surface area (Å²) in [7, 11) is 0. The minimum Gasteiger partial charge on any atom is -0.459 e. The molecule has 0 aliphatic heterocycles. The summed E-state index contributed by atoms with van der Waals surface area (Å²) >= 11 is 1.51. The number of aromatic amines is 1. The van der Waals surface area contributed by atoms with Crippen molar-refractivity contribution < 1.29 is 4.42 Å². The van der Waals surface area contributed by atoms with Gasteiger partial charge in [-0.3, -0.25) is 4.79 Å². The van der Waals surface area contributed by atoms with E-state index in [1.165, 1.54) is 18.1 Å². The molecule has 1 N–H and O–H groups in total. The van der Waals surface area contributed by atoms with Crippen LogP contribution in [0.4, 0.5) is 0 Å². The second kappa shape index (κ2) is 7.42. The summed E-state index contributed by atoms with van der Waals surface area (Å²) < 4.78 is 6.32. The summed E-state index contributed by atoms with van der Waals surface area (Å²) in [6.07, 6.45) is 3.09. The Kier molecular flexibility index (Phi) is 4.59. The Morgan fingerprint density at radius 1 is 1.07 bits per heavy atom. The first-order valence-corrected chi connectivity index (χ1v) is 10.4. The number of hydrogen-bond donors (Lipinski definition) is 1. The van der Waals surface area contributed by atoms with Gasteiger partial charge in [-0.05, 0) is 31.5 Å². The molecule has 3 heterocycles. The molecule has 0 saturated carbocycles. The highest BCUT2D eigenvalue weighted by Crippen LogP contribution is 2.40. The standard InChI is InChI=1S/C23H18N4O2S/c1-13-8-9-17-16(10-13)20(28)18(15-6-4-3-5-7-15)21(29-17)14(2)30-23-19-22(25-11-24-19)26-12-27-23/h3-12,14H,1-2H3,(H,24,25,26,27). The second-order valence-corrected chi connectivity index (χ2v) is 8.41. The van der Waals surface area contributed by atoms with E-state index >= 15 is 0 Å². The molecule has 0 aliphatic carbocycles. The lowest BCUT2D eigenvalue weighted by atomic mass is 10.0. The number of nitrogens with zero attached hydrogens (tertiary/aromatic N) is 3. The van der Waals surface area contributed by atoms with E-state index in [1.807, 2.05) is 62.4 Å². The maximum atomic E-state index is 13.5. The topological polar surface area (TPSA) is 84.7 Å². The van der Waals surface area contributed by atoms with E-state index in [2.05, 4.69) is 19.9 Å². The van der Waals surface area contributed by atoms with Gasteiger partial charge in [-0.25, -0.2) is 15.0 Å². The number of thioether (sulfide) groups is 1. The first-order valence-electron chi connectivity index (χ1n) is 9.55. The lowest BCUT2D eigenvalue weighted by Gasteiger charge is -2.16. The molecule has 148 valence electrons. The highest BCUT2D eigenvalue weighted by molar-refractivity contribution is 7.99. The number of aryl methyl sites for hydroxylation is 1. The monoisotopic (exact) mass is 414 g/mol. The van der Waals surface area contributed by atoms with Crippen LogP contribution in [-0.2, 0) is 0 Å². The second-order valence-electron chi connectivity index (χ2n) is 7.08. The van der Waals surface area contributed by atoms with Crippen molar-refractivity contribution in [2.75, 3.05) is 0 Å². The zero-order valence-electron chi connectivity index (χ0n) is 16.4. The van der Waals surface area contributed by atoms with Gasteiger partial charge in [0.25, 0.3) is 0 Å². The third kappa shape index (κ3) is 3.17. The molecular formula is C23H18N4O2S. The molecule has 1 atom stereocenters. The molecule has 30 heavy (non-hydrogen) atoms. The fourth-order valence-electron chi connectivity index (χ4n) is 3.54. The minimum absolute atomic E-state index is 0.0250. The summed E-state index contributed by atoms with van der Waals surface area (Å²) in [5.41, 5.74) is 4.39. The Morgan fingerprint density at radius 2 is 1.90 bits per heavy atom. The molecule has 0 spiro atoms. The molecule has 0 amide bonds. The Hall–Kier alpha value is -3.45. The van der Waals surface area contributed by atoms with E-state index in [4.69, 9.17) is 4.42 Å². The highest BCUT2D eigenvalue weighted by Gasteiger charge is 2.23. The molecule has 0 bridgehead atoms. The quantitative estimate of drug-likeness (QED) is 0.318. The largest absolute Gasteiger partial charge is 0.459 e. The average molecular weight is 414 g/mol. The normalized spacial score (nSPS) is 12.5. The predicted octanol–water partition coefficient (Wildman–Crippen LogP) is 5.29. The van der Waals surface area contributed by atoms with Gasteiger partial charge in [0.2, 0.25) is 5.43 Å². The first kappa shape index (κ1) is 18.6. The Balaban J connectivity index is 1.70. The Bertz CT molecular complexity index is 1430. The minimum atomic E-state index is -0.167. The van der Waals surface area contributed by atoms with Crippen LogP contribution in [0.2, 0.25) is 0 Å². The van der Waals surface area contributed by atoms with Gasteiger partial charge in [-0.2, -0.15) is 0 Å². The van der Waals surface area contributed by atoms with Crippen LogP contribution >= 0.6 is 11.8 Å². The molecular weight excluding hydrogens is 396 g/mol. The van der Waals surface area contributed by atoms with Crippen molar-refractivity contribution in [2.45, 2.75) is 24.1 Å². The number of H-pyrrole nitrogens is 1. The molecule has 5 aromatic rings. The van der Waals surface area contributed by atoms with Crippen LogP contribution in [-0.4, -0.2) is 19.9 Å². The third-order valence-corrected chi connectivity index (χ3v) is 6.08. The fraction of sp³-hybridized carbons (Fsp3) is 0.130. The maximum Gasteiger partial charge on any atom is 0.200 e. The number of hydrogen-bond acceptors (Lipinski definition) is 6. The average Bonchev–Trinajstić information content (AvgIpc) is 3.24. The number of aromatic nitrogens is 4. The Labute approximate surface area is 176 Å². The summed E-state index contributed by atoms with van der Waals surface area (Å²) in [6.45, 7) is 3.98. The van der Waals surface area contributed by atoms with E-state index in [-0.39, 0.29) is 10.7 Å². The van der Waals surface area contributed by atoms with Crippen molar-refractivity contribution in [3.8, 4) is 11.1 Å². The van der Waals surface area contributed by atoms with Crippen LogP contribution in [0.1, 0.15) is 23.5 Å². The molecule has 5 rings (SSSR count). The third-order valence-electron chi connectivity index (χ3n) is 4.98. The number of fused-ring (bicyclic) bond motifs is 2. The van der Waals surface area contributed by atoms with Crippen molar-refractivity contribution in [1.29, 1.82) is 0 Å². The van der Waals surface area contributed by atoms with Gasteiger partial charge in [0.05, 0.1) is 22.5 Å². The number of imidazole rings is 1. The van der Waals surface area contributed by atoms with E-state index in [1.54, 1.807) is 6.33 Å². The smallest absolute Gasteiger partial charge is 0.200 e. The lowest BCUT2D eigenvalue weighted by Crippen LogP contribution is -2.10. The van der Waals surface area contributed by atoms with Gasteiger partial charge >= 0.3 is 0 Å². The summed E-state index contributed by atoms with van der Waals surface area (Å²) in [4.78, 5) is 29.4. The molecule has 6 nitrogen and oxygen atoms in total. The predicted molar refractivity (Wildman–Crippen MR) is 119 cm³/mol. The van der Waals surface area contributed by atoms with Gasteiger partial charge in [0, 0.05) is 0 Å². The van der Waals surface area contributed by atoms with Crippen LogP contribution in [0.15, 0.2) is 75.4 Å². The van der Waals surface area contributed by atoms with Crippen molar-refractivity contribution in [2.24, 2.45) is 0 Å². The molecule has 3 aromatic heterocycles. The lowest BCUT2D eigenvalue weighted by molar-refractivity contribution is 0.542. The van der Waals surface area contributed by atoms with Gasteiger partial charge in [0.15, 0.2) is 5.65 Å². The van der Waals surface area contributed by atoms with Crippen LogP contribution in [0.25, 0.3) is 33.3 Å². The number of benzene rings is 2. The van der Waals surface area contributed by atoms with E-state index in [9.17, 15) is 4.79 Å². The van der Waals surface area contributed by atoms with Gasteiger partial charge in [-0.1, -0.05) is 53.7 Å². The molecule has 7 heteroatoms. The first-order chi connectivity index (χ1) is 14.6. The maximum absolute atomic E-state index is 13.5. The van der Waals surface area contributed by atoms with Crippen LogP contribution in [0, 0.1) is 6.92 Å². The van der Waals surface area contributed by atoms with Crippen LogP contribution in [0.5, 0.6) is 0 Å². The van der Waals surface area contributed by atoms with E-state index < -0.39 is 0 Å². The highest BCUT2D eigenvalue weighted by atomic mass is 32.2. The van der Waals surface area contributed by atoms with Gasteiger partial charge < -0.3 is 9.40 Å². The van der Waals surface area contributed by atoms with Crippen molar-refractivity contribution >= 4 is 33.9 Å². The molecule has 2 aromatic carbocycles. The van der Waals surface area contributed by atoms with Crippen molar-refractivity contribution in [3.63, 3.8) is 0 Å². The zero-order valence-corrected chi connectivity index (χ0v) is 17.2. The summed E-state index contributed by atoms with van der Waals surface area (Å²) in [6, 6.07) is 15.4. The SMILES string of the molecule is Cc1ccc2oc(C(C)Sc3ncnc4nc[nH]c34)c(-c3ccccc3)c(=O)c2c1. The molecule has 1 unspecified atom stereocenters. The molecule has 0 radical (unpaired) electrons. The molecule has 0 saturated heterocycles. The Morgan fingerprint density at radius 3 is 2.73 bits per heavy atom. The number of nitrogens with one attached hydrogen (secondary N) is 1.